The third-order valence-corrected chi connectivity index (χ3v) is 3.99. The molecule has 0 radical (unpaired) electrons. The van der Waals surface area contributed by atoms with E-state index in [0.29, 0.717) is 5.95 Å². The molecule has 0 bridgehead atoms. The van der Waals surface area contributed by atoms with E-state index < -0.39 is 0 Å². The van der Waals surface area contributed by atoms with E-state index in [1.165, 1.54) is 5.69 Å². The summed E-state index contributed by atoms with van der Waals surface area (Å²) in [5.41, 5.74) is 3.40. The molecule has 1 aromatic carbocycles. The summed E-state index contributed by atoms with van der Waals surface area (Å²) in [6.45, 7) is 2.57. The molecule has 0 saturated heterocycles. The molecule has 23 heavy (non-hydrogen) atoms. The Morgan fingerprint density at radius 3 is 2.91 bits per heavy atom. The lowest BCUT2D eigenvalue weighted by atomic mass is 10.3. The van der Waals surface area contributed by atoms with Gasteiger partial charge in [-0.25, -0.2) is 15.0 Å². The van der Waals surface area contributed by atoms with Crippen molar-refractivity contribution in [3.05, 3.63) is 60.9 Å². The minimum Gasteiger partial charge on any atom is -0.352 e. The first-order valence-electron chi connectivity index (χ1n) is 7.78. The van der Waals surface area contributed by atoms with Gasteiger partial charge in [0.15, 0.2) is 0 Å². The van der Waals surface area contributed by atoms with Gasteiger partial charge in [0.25, 0.3) is 0 Å². The second-order valence-electron chi connectivity index (χ2n) is 5.49. The SMILES string of the molecule is c1ccc(N2CCc3nc(NCCn4ccnc4)ncc32)cc1. The molecule has 0 saturated carbocycles. The Kier molecular flexibility index (Phi) is 3.63. The Bertz CT molecular complexity index is 769. The molecule has 4 rings (SSSR count). The van der Waals surface area contributed by atoms with Crippen molar-refractivity contribution < 1.29 is 0 Å². The summed E-state index contributed by atoms with van der Waals surface area (Å²) in [4.78, 5) is 15.4. The minimum absolute atomic E-state index is 0.693. The van der Waals surface area contributed by atoms with E-state index in [0.717, 1.165) is 37.4 Å². The van der Waals surface area contributed by atoms with Crippen molar-refractivity contribution in [2.45, 2.75) is 13.0 Å². The van der Waals surface area contributed by atoms with Crippen LogP contribution in [0.1, 0.15) is 5.69 Å². The summed E-state index contributed by atoms with van der Waals surface area (Å²) in [5.74, 6) is 0.693. The predicted octanol–water partition coefficient (Wildman–Crippen LogP) is 2.48. The average molecular weight is 306 g/mol. The summed E-state index contributed by atoms with van der Waals surface area (Å²) >= 11 is 0. The van der Waals surface area contributed by atoms with E-state index in [9.17, 15) is 0 Å². The average Bonchev–Trinajstić information content (AvgIpc) is 3.25. The second-order valence-corrected chi connectivity index (χ2v) is 5.49. The van der Waals surface area contributed by atoms with Crippen LogP contribution in [0.4, 0.5) is 17.3 Å². The maximum Gasteiger partial charge on any atom is 0.223 e. The zero-order chi connectivity index (χ0) is 15.5. The number of para-hydroxylation sites is 1. The molecule has 0 fully saturated rings. The first-order valence-corrected chi connectivity index (χ1v) is 7.78. The molecule has 116 valence electrons. The van der Waals surface area contributed by atoms with Crippen molar-refractivity contribution in [2.24, 2.45) is 0 Å². The molecule has 0 spiro atoms. The molecular weight excluding hydrogens is 288 g/mol. The molecule has 0 amide bonds. The van der Waals surface area contributed by atoms with Gasteiger partial charge in [-0.2, -0.15) is 0 Å². The molecule has 0 atom stereocenters. The van der Waals surface area contributed by atoms with E-state index in [2.05, 4.69) is 49.4 Å². The Morgan fingerprint density at radius 1 is 1.17 bits per heavy atom. The van der Waals surface area contributed by atoms with Gasteiger partial charge >= 0.3 is 0 Å². The number of nitrogens with one attached hydrogen (secondary N) is 1. The lowest BCUT2D eigenvalue weighted by Gasteiger charge is -2.18. The van der Waals surface area contributed by atoms with Crippen molar-refractivity contribution >= 4 is 17.3 Å². The topological polar surface area (TPSA) is 58.9 Å². The first kappa shape index (κ1) is 13.8. The van der Waals surface area contributed by atoms with E-state index in [4.69, 9.17) is 0 Å². The Balaban J connectivity index is 1.45. The molecule has 3 heterocycles. The monoisotopic (exact) mass is 306 g/mol. The highest BCUT2D eigenvalue weighted by Crippen LogP contribution is 2.32. The maximum absolute atomic E-state index is 4.66. The summed E-state index contributed by atoms with van der Waals surface area (Å²) in [6, 6.07) is 10.4. The third-order valence-electron chi connectivity index (χ3n) is 3.99. The normalized spacial score (nSPS) is 13.1. The van der Waals surface area contributed by atoms with Crippen LogP contribution in [0, 0.1) is 0 Å². The zero-order valence-corrected chi connectivity index (χ0v) is 12.8. The summed E-state index contributed by atoms with van der Waals surface area (Å²) in [5, 5.41) is 3.28. The van der Waals surface area contributed by atoms with Crippen molar-refractivity contribution in [3.8, 4) is 0 Å². The van der Waals surface area contributed by atoms with Crippen LogP contribution in [0.15, 0.2) is 55.2 Å². The van der Waals surface area contributed by atoms with Crippen LogP contribution in [0.3, 0.4) is 0 Å². The minimum atomic E-state index is 0.693. The molecule has 0 aliphatic carbocycles. The molecule has 0 unspecified atom stereocenters. The molecule has 1 aliphatic rings. The summed E-state index contributed by atoms with van der Waals surface area (Å²) in [7, 11) is 0. The highest BCUT2D eigenvalue weighted by molar-refractivity contribution is 5.68. The van der Waals surface area contributed by atoms with Gasteiger partial charge in [-0.05, 0) is 12.1 Å². The van der Waals surface area contributed by atoms with E-state index in [1.807, 2.05) is 29.4 Å². The molecule has 1 aliphatic heterocycles. The van der Waals surface area contributed by atoms with Crippen molar-refractivity contribution in [1.29, 1.82) is 0 Å². The van der Waals surface area contributed by atoms with Gasteiger partial charge < -0.3 is 14.8 Å². The predicted molar refractivity (Wildman–Crippen MR) is 89.9 cm³/mol. The zero-order valence-electron chi connectivity index (χ0n) is 12.8. The number of aromatic nitrogens is 4. The van der Waals surface area contributed by atoms with Gasteiger partial charge in [0, 0.05) is 44.1 Å². The van der Waals surface area contributed by atoms with Crippen molar-refractivity contribution in [2.75, 3.05) is 23.3 Å². The molecule has 1 N–H and O–H groups in total. The van der Waals surface area contributed by atoms with Gasteiger partial charge in [0.1, 0.15) is 0 Å². The quantitative estimate of drug-likeness (QED) is 0.785. The van der Waals surface area contributed by atoms with E-state index in [-0.39, 0.29) is 0 Å². The van der Waals surface area contributed by atoms with Gasteiger partial charge in [0.05, 0.1) is 23.9 Å². The molecular formula is C17H18N6. The second kappa shape index (κ2) is 6.08. The molecule has 2 aromatic heterocycles. The standard InChI is InChI=1S/C17H18N6/c1-2-4-14(5-3-1)23-9-6-15-16(23)12-20-17(21-15)19-8-11-22-10-7-18-13-22/h1-5,7,10,12-13H,6,8-9,11H2,(H,19,20,21). The molecule has 6 heteroatoms. The van der Waals surface area contributed by atoms with Crippen molar-refractivity contribution in [1.82, 2.24) is 19.5 Å². The van der Waals surface area contributed by atoms with Crippen molar-refractivity contribution in [3.63, 3.8) is 0 Å². The number of imidazole rings is 1. The number of hydrogen-bond donors (Lipinski definition) is 1. The Morgan fingerprint density at radius 2 is 2.09 bits per heavy atom. The lowest BCUT2D eigenvalue weighted by molar-refractivity contribution is 0.723. The van der Waals surface area contributed by atoms with Crippen LogP contribution in [-0.4, -0.2) is 32.6 Å². The Labute approximate surface area is 134 Å². The molecule has 6 nitrogen and oxygen atoms in total. The third kappa shape index (κ3) is 2.88. The number of rotatable bonds is 5. The molecule has 3 aromatic rings. The van der Waals surface area contributed by atoms with Gasteiger partial charge in [-0.1, -0.05) is 18.2 Å². The fourth-order valence-electron chi connectivity index (χ4n) is 2.84. The number of anilines is 3. The fraction of sp³-hybridized carbons (Fsp3) is 0.235. The Hall–Kier alpha value is -2.89. The largest absolute Gasteiger partial charge is 0.352 e. The number of fused-ring (bicyclic) bond motifs is 1. The summed E-state index contributed by atoms with van der Waals surface area (Å²) < 4.78 is 2.03. The highest BCUT2D eigenvalue weighted by Gasteiger charge is 2.22. The van der Waals surface area contributed by atoms with Gasteiger partial charge in [0.2, 0.25) is 5.95 Å². The smallest absolute Gasteiger partial charge is 0.223 e. The maximum atomic E-state index is 4.66. The number of benzene rings is 1. The number of nitrogens with zero attached hydrogens (tertiary/aromatic N) is 5. The van der Waals surface area contributed by atoms with Gasteiger partial charge in [-0.15, -0.1) is 0 Å². The van der Waals surface area contributed by atoms with Gasteiger partial charge in [-0.3, -0.25) is 0 Å². The van der Waals surface area contributed by atoms with Crippen LogP contribution in [0.2, 0.25) is 0 Å². The van der Waals surface area contributed by atoms with Crippen LogP contribution in [0.5, 0.6) is 0 Å². The van der Waals surface area contributed by atoms with Crippen LogP contribution in [-0.2, 0) is 13.0 Å². The van der Waals surface area contributed by atoms with Crippen LogP contribution in [0.25, 0.3) is 0 Å². The number of hydrogen-bond acceptors (Lipinski definition) is 5. The highest BCUT2D eigenvalue weighted by atomic mass is 15.2. The first-order chi connectivity index (χ1) is 11.4. The lowest BCUT2D eigenvalue weighted by Crippen LogP contribution is -2.14. The fourth-order valence-corrected chi connectivity index (χ4v) is 2.84. The van der Waals surface area contributed by atoms with Crippen LogP contribution < -0.4 is 10.2 Å². The summed E-state index contributed by atoms with van der Waals surface area (Å²) in [6.07, 6.45) is 8.40. The van der Waals surface area contributed by atoms with E-state index >= 15 is 0 Å². The van der Waals surface area contributed by atoms with Crippen LogP contribution >= 0.6 is 0 Å². The van der Waals surface area contributed by atoms with E-state index in [1.54, 1.807) is 6.20 Å².